The first-order chi connectivity index (χ1) is 10.2. The fourth-order valence-corrected chi connectivity index (χ4v) is 2.84. The van der Waals surface area contributed by atoms with Crippen LogP contribution in [-0.4, -0.2) is 6.61 Å². The highest BCUT2D eigenvalue weighted by molar-refractivity contribution is 9.09. The summed E-state index contributed by atoms with van der Waals surface area (Å²) in [6.07, 6.45) is 3.27. The van der Waals surface area contributed by atoms with Gasteiger partial charge in [0.25, 0.3) is 0 Å². The normalized spacial score (nSPS) is 12.1. The Morgan fingerprint density at radius 1 is 1.00 bits per heavy atom. The molecule has 0 N–H and O–H groups in total. The highest BCUT2D eigenvalue weighted by Gasteiger charge is 2.08. The molecular weight excluding hydrogens is 324 g/mol. The molecule has 0 fully saturated rings. The Kier molecular flexibility index (Phi) is 6.31. The molecule has 1 unspecified atom stereocenters. The van der Waals surface area contributed by atoms with E-state index in [0.717, 1.165) is 31.6 Å². The predicted molar refractivity (Wildman–Crippen MR) is 93.4 cm³/mol. The fourth-order valence-electron chi connectivity index (χ4n) is 2.16. The van der Waals surface area contributed by atoms with Crippen LogP contribution < -0.4 is 4.74 Å². The van der Waals surface area contributed by atoms with Crippen molar-refractivity contribution in [2.75, 3.05) is 6.61 Å². The summed E-state index contributed by atoms with van der Waals surface area (Å²) >= 11 is 3.79. The Hall–Kier alpha value is -1.28. The Bertz CT molecular complexity index is 530. The van der Waals surface area contributed by atoms with Gasteiger partial charge in [-0.15, -0.1) is 0 Å². The molecule has 0 amide bonds. The topological polar surface area (TPSA) is 9.23 Å². The van der Waals surface area contributed by atoms with E-state index in [0.29, 0.717) is 4.83 Å². The van der Waals surface area contributed by atoms with Crippen molar-refractivity contribution in [1.29, 1.82) is 0 Å². The molecule has 1 atom stereocenters. The van der Waals surface area contributed by atoms with Crippen LogP contribution in [0.2, 0.25) is 0 Å². The molecule has 1 nitrogen and oxygen atoms in total. The zero-order valence-electron chi connectivity index (χ0n) is 12.8. The van der Waals surface area contributed by atoms with Gasteiger partial charge in [0, 0.05) is 4.83 Å². The molecule has 0 aliphatic rings. The first-order valence-corrected chi connectivity index (χ1v) is 8.53. The average molecular weight is 347 g/mol. The summed E-state index contributed by atoms with van der Waals surface area (Å²) in [6, 6.07) is 17.2. The molecule has 112 valence electrons. The third-order valence-electron chi connectivity index (χ3n) is 3.54. The minimum absolute atomic E-state index is 0.338. The van der Waals surface area contributed by atoms with Crippen molar-refractivity contribution in [3.63, 3.8) is 0 Å². The van der Waals surface area contributed by atoms with E-state index in [4.69, 9.17) is 4.74 Å². The van der Waals surface area contributed by atoms with E-state index in [-0.39, 0.29) is 0 Å². The maximum absolute atomic E-state index is 5.70. The highest BCUT2D eigenvalue weighted by atomic mass is 79.9. The summed E-state index contributed by atoms with van der Waals surface area (Å²) in [5.41, 5.74) is 3.95. The number of hydrogen-bond donors (Lipinski definition) is 0. The zero-order valence-corrected chi connectivity index (χ0v) is 14.4. The maximum Gasteiger partial charge on any atom is 0.119 e. The summed E-state index contributed by atoms with van der Waals surface area (Å²) < 4.78 is 5.70. The van der Waals surface area contributed by atoms with Crippen LogP contribution in [0, 0.1) is 6.92 Å². The molecule has 21 heavy (non-hydrogen) atoms. The first-order valence-electron chi connectivity index (χ1n) is 7.61. The molecule has 0 aliphatic carbocycles. The number of rotatable bonds is 7. The number of benzene rings is 2. The molecule has 0 radical (unpaired) electrons. The van der Waals surface area contributed by atoms with Crippen molar-refractivity contribution in [2.45, 2.75) is 37.9 Å². The molecule has 0 saturated carbocycles. The molecule has 2 heteroatoms. The second kappa shape index (κ2) is 8.23. The predicted octanol–water partition coefficient (Wildman–Crippen LogP) is 5.85. The highest BCUT2D eigenvalue weighted by Crippen LogP contribution is 2.28. The Morgan fingerprint density at radius 3 is 2.29 bits per heavy atom. The van der Waals surface area contributed by atoms with E-state index in [9.17, 15) is 0 Å². The first kappa shape index (κ1) is 16.1. The lowest BCUT2D eigenvalue weighted by molar-refractivity contribution is 0.309. The van der Waals surface area contributed by atoms with E-state index in [1.165, 1.54) is 16.7 Å². The zero-order chi connectivity index (χ0) is 15.1. The van der Waals surface area contributed by atoms with Gasteiger partial charge in [0.1, 0.15) is 5.75 Å². The van der Waals surface area contributed by atoms with E-state index in [2.05, 4.69) is 78.3 Å². The monoisotopic (exact) mass is 346 g/mol. The van der Waals surface area contributed by atoms with Crippen LogP contribution in [0.1, 0.15) is 41.3 Å². The minimum atomic E-state index is 0.338. The largest absolute Gasteiger partial charge is 0.494 e. The lowest BCUT2D eigenvalue weighted by atomic mass is 10.0. The molecule has 0 aliphatic heterocycles. The molecule has 0 heterocycles. The van der Waals surface area contributed by atoms with Crippen LogP contribution in [-0.2, 0) is 6.42 Å². The minimum Gasteiger partial charge on any atom is -0.494 e. The number of ether oxygens (including phenoxy) is 1. The molecular formula is C19H23BrO. The van der Waals surface area contributed by atoms with Crippen LogP contribution >= 0.6 is 15.9 Å². The number of hydrogen-bond acceptors (Lipinski definition) is 1. The van der Waals surface area contributed by atoms with E-state index < -0.39 is 0 Å². The maximum atomic E-state index is 5.70. The third kappa shape index (κ3) is 5.20. The standard InChI is InChI=1S/C19H23BrO/c1-3-4-13-21-18-11-9-17(10-12-18)19(20)14-16-7-5-15(2)6-8-16/h5-12,19H,3-4,13-14H2,1-2H3. The van der Waals surface area contributed by atoms with Crippen molar-refractivity contribution < 1.29 is 4.74 Å². The van der Waals surface area contributed by atoms with Gasteiger partial charge in [0.05, 0.1) is 6.61 Å². The van der Waals surface area contributed by atoms with Gasteiger partial charge >= 0.3 is 0 Å². The van der Waals surface area contributed by atoms with E-state index >= 15 is 0 Å². The van der Waals surface area contributed by atoms with Crippen molar-refractivity contribution in [3.05, 3.63) is 65.2 Å². The number of aryl methyl sites for hydroxylation is 1. The van der Waals surface area contributed by atoms with E-state index in [1.807, 2.05) is 0 Å². The van der Waals surface area contributed by atoms with Crippen molar-refractivity contribution in [3.8, 4) is 5.75 Å². The van der Waals surface area contributed by atoms with Gasteiger partial charge in [0.2, 0.25) is 0 Å². The Balaban J connectivity index is 1.93. The quantitative estimate of drug-likeness (QED) is 0.451. The van der Waals surface area contributed by atoms with Gasteiger partial charge in [-0.2, -0.15) is 0 Å². The molecule has 2 aromatic rings. The van der Waals surface area contributed by atoms with Crippen LogP contribution in [0.15, 0.2) is 48.5 Å². The molecule has 0 aromatic heterocycles. The summed E-state index contributed by atoms with van der Waals surface area (Å²) in [6.45, 7) is 5.09. The smallest absolute Gasteiger partial charge is 0.119 e. The number of unbranched alkanes of at least 4 members (excludes halogenated alkanes) is 1. The van der Waals surface area contributed by atoms with Gasteiger partial charge in [-0.05, 0) is 43.0 Å². The van der Waals surface area contributed by atoms with Crippen molar-refractivity contribution >= 4 is 15.9 Å². The second-order valence-electron chi connectivity index (χ2n) is 5.43. The van der Waals surface area contributed by atoms with Crippen molar-refractivity contribution in [2.24, 2.45) is 0 Å². The SMILES string of the molecule is CCCCOc1ccc(C(Br)Cc2ccc(C)cc2)cc1. The summed E-state index contributed by atoms with van der Waals surface area (Å²) in [4.78, 5) is 0.338. The summed E-state index contributed by atoms with van der Waals surface area (Å²) in [7, 11) is 0. The Morgan fingerprint density at radius 2 is 1.67 bits per heavy atom. The third-order valence-corrected chi connectivity index (χ3v) is 4.40. The molecule has 2 aromatic carbocycles. The molecule has 0 bridgehead atoms. The fraction of sp³-hybridized carbons (Fsp3) is 0.368. The summed E-state index contributed by atoms with van der Waals surface area (Å²) in [5, 5.41) is 0. The van der Waals surface area contributed by atoms with Gasteiger partial charge in [-0.25, -0.2) is 0 Å². The van der Waals surface area contributed by atoms with Gasteiger partial charge in [0.15, 0.2) is 0 Å². The van der Waals surface area contributed by atoms with E-state index in [1.54, 1.807) is 0 Å². The Labute approximate surface area is 136 Å². The van der Waals surface area contributed by atoms with Crippen LogP contribution in [0.5, 0.6) is 5.75 Å². The van der Waals surface area contributed by atoms with Gasteiger partial charge < -0.3 is 4.74 Å². The lowest BCUT2D eigenvalue weighted by Gasteiger charge is -2.12. The van der Waals surface area contributed by atoms with Crippen LogP contribution in [0.3, 0.4) is 0 Å². The number of halogens is 1. The lowest BCUT2D eigenvalue weighted by Crippen LogP contribution is -1.98. The average Bonchev–Trinajstić information content (AvgIpc) is 2.50. The van der Waals surface area contributed by atoms with Gasteiger partial charge in [-0.1, -0.05) is 71.2 Å². The molecule has 2 rings (SSSR count). The molecule has 0 saturated heterocycles. The van der Waals surface area contributed by atoms with Gasteiger partial charge in [-0.3, -0.25) is 0 Å². The number of alkyl halides is 1. The van der Waals surface area contributed by atoms with Crippen LogP contribution in [0.25, 0.3) is 0 Å². The second-order valence-corrected chi connectivity index (χ2v) is 6.53. The van der Waals surface area contributed by atoms with Crippen LogP contribution in [0.4, 0.5) is 0 Å². The molecule has 0 spiro atoms. The van der Waals surface area contributed by atoms with Crippen molar-refractivity contribution in [1.82, 2.24) is 0 Å². The summed E-state index contributed by atoms with van der Waals surface area (Å²) in [5.74, 6) is 0.960.